The van der Waals surface area contributed by atoms with Gasteiger partial charge in [0.05, 0.1) is 0 Å². The van der Waals surface area contributed by atoms with Crippen molar-refractivity contribution in [2.45, 2.75) is 84.0 Å². The molecule has 158 valence electrons. The van der Waals surface area contributed by atoms with E-state index in [-0.39, 0.29) is 17.8 Å². The summed E-state index contributed by atoms with van der Waals surface area (Å²) in [7, 11) is 0. The molecule has 0 radical (unpaired) electrons. The molecule has 0 aliphatic heterocycles. The van der Waals surface area contributed by atoms with Crippen LogP contribution in [-0.4, -0.2) is 22.0 Å². The predicted octanol–water partition coefficient (Wildman–Crippen LogP) is 5.25. The number of rotatable bonds is 6. The van der Waals surface area contributed by atoms with Gasteiger partial charge in [0.15, 0.2) is 0 Å². The van der Waals surface area contributed by atoms with Gasteiger partial charge in [-0.15, -0.1) is 0 Å². The highest BCUT2D eigenvalue weighted by atomic mass is 16.4. The lowest BCUT2D eigenvalue weighted by Crippen LogP contribution is -2.44. The molecule has 3 aliphatic carbocycles. The van der Waals surface area contributed by atoms with Crippen LogP contribution in [0.5, 0.6) is 5.75 Å². The number of hydrogen-bond acceptors (Lipinski definition) is 3. The van der Waals surface area contributed by atoms with Gasteiger partial charge in [0.2, 0.25) is 0 Å². The minimum atomic E-state index is -0.761. The molecule has 0 bridgehead atoms. The van der Waals surface area contributed by atoms with Crippen LogP contribution in [0.25, 0.3) is 0 Å². The van der Waals surface area contributed by atoms with Gasteiger partial charge in [0.1, 0.15) is 11.5 Å². The van der Waals surface area contributed by atoms with Gasteiger partial charge in [-0.05, 0) is 91.4 Å². The Kier molecular flexibility index (Phi) is 5.48. The summed E-state index contributed by atoms with van der Waals surface area (Å²) >= 11 is 0. The fourth-order valence-corrected chi connectivity index (χ4v) is 6.99. The zero-order chi connectivity index (χ0) is 20.8. The van der Waals surface area contributed by atoms with Crippen LogP contribution in [0.3, 0.4) is 0 Å². The Morgan fingerprint density at radius 2 is 2.07 bits per heavy atom. The zero-order valence-electron chi connectivity index (χ0n) is 17.7. The minimum Gasteiger partial charge on any atom is -0.508 e. The highest BCUT2D eigenvalue weighted by Gasteiger charge is 2.58. The average Bonchev–Trinajstić information content (AvgIpc) is 2.95. The van der Waals surface area contributed by atoms with Crippen LogP contribution in [0.15, 0.2) is 12.1 Å². The number of aliphatic carboxylic acids is 1. The second-order valence-electron chi connectivity index (χ2n) is 9.85. The Bertz CT molecular complexity index is 813. The lowest BCUT2D eigenvalue weighted by molar-refractivity contribution is -0.137. The maximum atomic E-state index is 12.9. The van der Waals surface area contributed by atoms with Crippen molar-refractivity contribution in [2.75, 3.05) is 0 Å². The van der Waals surface area contributed by atoms with Gasteiger partial charge in [0.25, 0.3) is 0 Å². The number of carbonyl (C=O) groups excluding carboxylic acids is 1. The standard InChI is InChI=1S/C25H34O4/c1-3-4-5-19-17-7-8-20-18(16(17)9-10-21(19)26)12-13-25(2)22(27)14-15(24(20)25)6-11-23(28)29/h9-10,15,18,20,24,26H,3-8,11-14H2,1-2H3,(H,28,29). The number of carboxylic acids is 1. The monoisotopic (exact) mass is 398 g/mol. The summed E-state index contributed by atoms with van der Waals surface area (Å²) in [6, 6.07) is 4.00. The number of hydrogen-bond donors (Lipinski definition) is 2. The van der Waals surface area contributed by atoms with Crippen LogP contribution < -0.4 is 0 Å². The first-order valence-corrected chi connectivity index (χ1v) is 11.5. The zero-order valence-corrected chi connectivity index (χ0v) is 17.7. The van der Waals surface area contributed by atoms with Crippen molar-refractivity contribution in [3.8, 4) is 5.75 Å². The molecule has 29 heavy (non-hydrogen) atoms. The SMILES string of the molecule is CCCCc1c(O)ccc2c1CCC1C2CCC2(C)C(=O)CC(CCC(=O)O)C12. The molecule has 0 spiro atoms. The molecule has 2 N–H and O–H groups in total. The fourth-order valence-electron chi connectivity index (χ4n) is 6.99. The van der Waals surface area contributed by atoms with Crippen molar-refractivity contribution < 1.29 is 19.8 Å². The number of aromatic hydroxyl groups is 1. The van der Waals surface area contributed by atoms with E-state index >= 15 is 0 Å². The smallest absolute Gasteiger partial charge is 0.303 e. The highest BCUT2D eigenvalue weighted by molar-refractivity contribution is 5.87. The van der Waals surface area contributed by atoms with E-state index in [2.05, 4.69) is 19.9 Å². The molecule has 4 heteroatoms. The molecule has 5 atom stereocenters. The van der Waals surface area contributed by atoms with Crippen LogP contribution in [0, 0.1) is 23.2 Å². The van der Waals surface area contributed by atoms with Crippen LogP contribution in [0.2, 0.25) is 0 Å². The molecule has 0 aromatic heterocycles. The summed E-state index contributed by atoms with van der Waals surface area (Å²) in [4.78, 5) is 24.1. The molecule has 0 amide bonds. The Morgan fingerprint density at radius 1 is 1.28 bits per heavy atom. The summed E-state index contributed by atoms with van der Waals surface area (Å²) in [6.45, 7) is 4.33. The summed E-state index contributed by atoms with van der Waals surface area (Å²) in [5.41, 5.74) is 3.61. The molecule has 1 aromatic rings. The normalized spacial score (nSPS) is 33.1. The van der Waals surface area contributed by atoms with Crippen molar-refractivity contribution in [1.29, 1.82) is 0 Å². The Labute approximate surface area is 173 Å². The number of ketones is 1. The summed E-state index contributed by atoms with van der Waals surface area (Å²) in [5.74, 6) is 1.43. The molecule has 2 fully saturated rings. The van der Waals surface area contributed by atoms with Gasteiger partial charge in [0, 0.05) is 18.3 Å². The molecule has 4 nitrogen and oxygen atoms in total. The third-order valence-corrected chi connectivity index (χ3v) is 8.36. The van der Waals surface area contributed by atoms with E-state index in [1.54, 1.807) is 0 Å². The van der Waals surface area contributed by atoms with E-state index < -0.39 is 5.97 Å². The second-order valence-corrected chi connectivity index (χ2v) is 9.85. The number of benzene rings is 1. The lowest BCUT2D eigenvalue weighted by atomic mass is 9.53. The number of Topliss-reactive ketones (excluding diaryl/α,β-unsaturated/α-hetero) is 1. The maximum Gasteiger partial charge on any atom is 0.303 e. The van der Waals surface area contributed by atoms with Crippen molar-refractivity contribution >= 4 is 11.8 Å². The Morgan fingerprint density at radius 3 is 2.79 bits per heavy atom. The number of unbranched alkanes of at least 4 members (excludes halogenated alkanes) is 1. The number of phenols is 1. The number of fused-ring (bicyclic) bond motifs is 5. The van der Waals surface area contributed by atoms with E-state index in [1.165, 1.54) is 11.1 Å². The number of carboxylic acid groups (broad SMARTS) is 1. The van der Waals surface area contributed by atoms with Gasteiger partial charge < -0.3 is 10.2 Å². The summed E-state index contributed by atoms with van der Waals surface area (Å²) < 4.78 is 0. The average molecular weight is 399 g/mol. The van der Waals surface area contributed by atoms with Crippen molar-refractivity contribution in [3.05, 3.63) is 28.8 Å². The van der Waals surface area contributed by atoms with Gasteiger partial charge in [-0.2, -0.15) is 0 Å². The molecule has 4 rings (SSSR count). The van der Waals surface area contributed by atoms with E-state index in [9.17, 15) is 19.8 Å². The third-order valence-electron chi connectivity index (χ3n) is 8.36. The van der Waals surface area contributed by atoms with E-state index in [1.807, 2.05) is 6.07 Å². The van der Waals surface area contributed by atoms with Crippen molar-refractivity contribution in [2.24, 2.45) is 23.2 Å². The van der Waals surface area contributed by atoms with Crippen LogP contribution >= 0.6 is 0 Å². The molecule has 1 aromatic carbocycles. The first-order chi connectivity index (χ1) is 13.9. The number of carbonyl (C=O) groups is 2. The van der Waals surface area contributed by atoms with Gasteiger partial charge in [-0.1, -0.05) is 26.3 Å². The second kappa shape index (κ2) is 7.77. The van der Waals surface area contributed by atoms with Crippen LogP contribution in [0.1, 0.15) is 87.8 Å². The molecule has 5 unspecified atom stereocenters. The fraction of sp³-hybridized carbons (Fsp3) is 0.680. The first kappa shape index (κ1) is 20.4. The quantitative estimate of drug-likeness (QED) is 0.686. The predicted molar refractivity (Wildman–Crippen MR) is 112 cm³/mol. The number of phenolic OH excluding ortho intramolecular Hbond substituents is 1. The molecular formula is C25H34O4. The molecule has 3 aliphatic rings. The lowest BCUT2D eigenvalue weighted by Gasteiger charge is -2.50. The molecule has 0 heterocycles. The Hall–Kier alpha value is -1.84. The molecule has 2 saturated carbocycles. The highest BCUT2D eigenvalue weighted by Crippen LogP contribution is 2.62. The molecule has 0 saturated heterocycles. The minimum absolute atomic E-state index is 0.160. The summed E-state index contributed by atoms with van der Waals surface area (Å²) in [5, 5.41) is 19.7. The largest absolute Gasteiger partial charge is 0.508 e. The third kappa shape index (κ3) is 3.39. The Balaban J connectivity index is 1.67. The van der Waals surface area contributed by atoms with E-state index in [0.717, 1.165) is 50.5 Å². The van der Waals surface area contributed by atoms with Gasteiger partial charge in [-0.3, -0.25) is 9.59 Å². The van der Waals surface area contributed by atoms with Crippen LogP contribution in [-0.2, 0) is 22.4 Å². The van der Waals surface area contributed by atoms with Crippen molar-refractivity contribution in [1.82, 2.24) is 0 Å². The van der Waals surface area contributed by atoms with Gasteiger partial charge in [-0.25, -0.2) is 0 Å². The van der Waals surface area contributed by atoms with E-state index in [0.29, 0.717) is 42.1 Å². The maximum absolute atomic E-state index is 12.9. The summed E-state index contributed by atoms with van der Waals surface area (Å²) in [6.07, 6.45) is 8.43. The van der Waals surface area contributed by atoms with E-state index in [4.69, 9.17) is 0 Å². The van der Waals surface area contributed by atoms with Crippen LogP contribution in [0.4, 0.5) is 0 Å². The van der Waals surface area contributed by atoms with Gasteiger partial charge >= 0.3 is 5.97 Å². The van der Waals surface area contributed by atoms with Crippen molar-refractivity contribution in [3.63, 3.8) is 0 Å². The first-order valence-electron chi connectivity index (χ1n) is 11.5. The topological polar surface area (TPSA) is 74.6 Å². The molecular weight excluding hydrogens is 364 g/mol.